The summed E-state index contributed by atoms with van der Waals surface area (Å²) in [5.74, 6) is 0.783. The van der Waals surface area contributed by atoms with Crippen LogP contribution in [-0.2, 0) is 4.79 Å². The molecule has 7 nitrogen and oxygen atoms in total. The van der Waals surface area contributed by atoms with Crippen molar-refractivity contribution in [2.45, 2.75) is 47.1 Å². The fourth-order valence-electron chi connectivity index (χ4n) is 2.45. The third kappa shape index (κ3) is 7.40. The number of nitrogens with two attached hydrogens (primary N) is 1. The number of hydrogen-bond acceptors (Lipinski definition) is 5. The topological polar surface area (TPSA) is 93.9 Å². The Morgan fingerprint density at radius 3 is 2.10 bits per heavy atom. The van der Waals surface area contributed by atoms with Crippen LogP contribution in [0.15, 0.2) is 12.1 Å². The molecule has 1 atom stereocenters. The second kappa shape index (κ2) is 11.3. The lowest BCUT2D eigenvalue weighted by Crippen LogP contribution is -2.35. The van der Waals surface area contributed by atoms with Crippen molar-refractivity contribution in [3.8, 4) is 11.5 Å². The summed E-state index contributed by atoms with van der Waals surface area (Å²) in [6, 6.07) is 3.22. The molecule has 0 saturated carbocycles. The van der Waals surface area contributed by atoms with E-state index in [-0.39, 0.29) is 30.3 Å². The van der Waals surface area contributed by atoms with E-state index in [1.807, 2.05) is 20.8 Å². The van der Waals surface area contributed by atoms with E-state index >= 15 is 0 Å². The van der Waals surface area contributed by atoms with Gasteiger partial charge in [-0.25, -0.2) is 0 Å². The summed E-state index contributed by atoms with van der Waals surface area (Å²) >= 11 is 0. The van der Waals surface area contributed by atoms with Crippen LogP contribution in [0.2, 0.25) is 0 Å². The maximum Gasteiger partial charge on any atom is 0.255 e. The highest BCUT2D eigenvalue weighted by Gasteiger charge is 2.26. The first kappa shape index (κ1) is 27.0. The minimum Gasteiger partial charge on any atom is -0.493 e. The summed E-state index contributed by atoms with van der Waals surface area (Å²) in [6.45, 7) is 10.1. The fraction of sp³-hybridized carbons (Fsp3) is 0.619. The van der Waals surface area contributed by atoms with Crippen molar-refractivity contribution in [3.63, 3.8) is 0 Å². The molecule has 8 heteroatoms. The quantitative estimate of drug-likeness (QED) is 0.658. The molecule has 1 aromatic rings. The van der Waals surface area contributed by atoms with Gasteiger partial charge in [0.1, 0.15) is 0 Å². The van der Waals surface area contributed by atoms with Crippen LogP contribution in [-0.4, -0.2) is 50.6 Å². The molecular weight excluding hydrogens is 394 g/mol. The van der Waals surface area contributed by atoms with Crippen LogP contribution in [0.4, 0.5) is 5.69 Å². The van der Waals surface area contributed by atoms with Crippen molar-refractivity contribution in [2.24, 2.45) is 17.1 Å². The maximum atomic E-state index is 13.1. The second-order valence-corrected chi connectivity index (χ2v) is 8.38. The smallest absolute Gasteiger partial charge is 0.255 e. The SMILES string of the molecule is COc1cc(NC(=O)C(C)(C)C)c(C(=O)N(C)CCC(N)C(C)C)cc1OC.Cl. The molecule has 0 aliphatic rings. The van der Waals surface area contributed by atoms with Crippen molar-refractivity contribution < 1.29 is 19.1 Å². The first-order chi connectivity index (χ1) is 12.9. The summed E-state index contributed by atoms with van der Waals surface area (Å²) in [5.41, 5.74) is 6.23. The molecule has 166 valence electrons. The van der Waals surface area contributed by atoms with Crippen molar-refractivity contribution in [1.29, 1.82) is 0 Å². The number of nitrogens with one attached hydrogen (secondary N) is 1. The highest BCUT2D eigenvalue weighted by molar-refractivity contribution is 6.05. The number of carbonyl (C=O) groups excluding carboxylic acids is 2. The average Bonchev–Trinajstić information content (AvgIpc) is 2.63. The van der Waals surface area contributed by atoms with Gasteiger partial charge in [-0.15, -0.1) is 12.4 Å². The lowest BCUT2D eigenvalue weighted by Gasteiger charge is -2.24. The molecule has 0 aliphatic heterocycles. The molecule has 0 radical (unpaired) electrons. The van der Waals surface area contributed by atoms with Gasteiger partial charge in [0.05, 0.1) is 25.5 Å². The number of nitrogens with zero attached hydrogens (tertiary/aromatic N) is 1. The highest BCUT2D eigenvalue weighted by Crippen LogP contribution is 2.34. The minimum absolute atomic E-state index is 0. The van der Waals surface area contributed by atoms with Gasteiger partial charge < -0.3 is 25.4 Å². The van der Waals surface area contributed by atoms with Gasteiger partial charge in [0, 0.05) is 31.1 Å². The first-order valence-electron chi connectivity index (χ1n) is 9.50. The molecule has 0 fully saturated rings. The average molecular weight is 430 g/mol. The van der Waals surface area contributed by atoms with Gasteiger partial charge in [0.2, 0.25) is 5.91 Å². The molecule has 0 bridgehead atoms. The van der Waals surface area contributed by atoms with E-state index in [9.17, 15) is 9.59 Å². The zero-order chi connectivity index (χ0) is 21.6. The largest absolute Gasteiger partial charge is 0.493 e. The number of carbonyl (C=O) groups is 2. The van der Waals surface area contributed by atoms with Gasteiger partial charge in [0.25, 0.3) is 5.91 Å². The molecule has 1 rings (SSSR count). The standard InChI is InChI=1S/C21H35N3O4.ClH/c1-13(2)15(22)9-10-24(6)19(25)14-11-17(27-7)18(28-8)12-16(14)23-20(26)21(3,4)5;/h11-13,15H,9-10,22H2,1-8H3,(H,23,26);1H. The number of hydrogen-bond donors (Lipinski definition) is 2. The second-order valence-electron chi connectivity index (χ2n) is 8.38. The van der Waals surface area contributed by atoms with E-state index in [0.717, 1.165) is 0 Å². The predicted octanol–water partition coefficient (Wildman–Crippen LogP) is 3.56. The van der Waals surface area contributed by atoms with Crippen molar-refractivity contribution in [3.05, 3.63) is 17.7 Å². The summed E-state index contributed by atoms with van der Waals surface area (Å²) in [6.07, 6.45) is 0.691. The lowest BCUT2D eigenvalue weighted by molar-refractivity contribution is -0.123. The van der Waals surface area contributed by atoms with Gasteiger partial charge in [-0.3, -0.25) is 9.59 Å². The van der Waals surface area contributed by atoms with Crippen LogP contribution in [0.1, 0.15) is 51.4 Å². The monoisotopic (exact) mass is 429 g/mol. The highest BCUT2D eigenvalue weighted by atomic mass is 35.5. The molecule has 0 aliphatic carbocycles. The van der Waals surface area contributed by atoms with Crippen LogP contribution >= 0.6 is 12.4 Å². The normalized spacial score (nSPS) is 12.1. The lowest BCUT2D eigenvalue weighted by atomic mass is 9.95. The summed E-state index contributed by atoms with van der Waals surface area (Å²) in [4.78, 5) is 27.2. The van der Waals surface area contributed by atoms with Crippen LogP contribution in [0, 0.1) is 11.3 Å². The number of anilines is 1. The van der Waals surface area contributed by atoms with E-state index < -0.39 is 5.41 Å². The van der Waals surface area contributed by atoms with Crippen molar-refractivity contribution in [2.75, 3.05) is 33.1 Å². The van der Waals surface area contributed by atoms with Gasteiger partial charge in [0.15, 0.2) is 11.5 Å². The molecule has 1 unspecified atom stereocenters. The Balaban J connectivity index is 0.00000784. The Kier molecular flexibility index (Phi) is 10.5. The zero-order valence-electron chi connectivity index (χ0n) is 18.8. The zero-order valence-corrected chi connectivity index (χ0v) is 19.6. The van der Waals surface area contributed by atoms with Crippen molar-refractivity contribution >= 4 is 29.9 Å². The Morgan fingerprint density at radius 1 is 1.14 bits per heavy atom. The minimum atomic E-state index is -0.608. The van der Waals surface area contributed by atoms with E-state index in [0.29, 0.717) is 41.6 Å². The third-order valence-electron chi connectivity index (χ3n) is 4.68. The molecule has 0 saturated heterocycles. The summed E-state index contributed by atoms with van der Waals surface area (Å²) in [7, 11) is 4.74. The number of methoxy groups -OCH3 is 2. The third-order valence-corrected chi connectivity index (χ3v) is 4.68. The molecular formula is C21H36ClN3O4. The summed E-state index contributed by atoms with van der Waals surface area (Å²) in [5, 5.41) is 2.85. The van der Waals surface area contributed by atoms with E-state index in [2.05, 4.69) is 19.2 Å². The predicted molar refractivity (Wildman–Crippen MR) is 119 cm³/mol. The van der Waals surface area contributed by atoms with Gasteiger partial charge in [-0.05, 0) is 18.4 Å². The molecule has 0 aromatic heterocycles. The van der Waals surface area contributed by atoms with Gasteiger partial charge in [-0.1, -0.05) is 34.6 Å². The Morgan fingerprint density at radius 2 is 1.66 bits per heavy atom. The molecule has 1 aromatic carbocycles. The number of ether oxygens (including phenoxy) is 2. The van der Waals surface area contributed by atoms with Gasteiger partial charge in [-0.2, -0.15) is 0 Å². The number of benzene rings is 1. The molecule has 0 heterocycles. The number of amides is 2. The van der Waals surface area contributed by atoms with E-state index in [1.165, 1.54) is 14.2 Å². The molecule has 2 amide bonds. The maximum absolute atomic E-state index is 13.1. The molecule has 0 spiro atoms. The fourth-order valence-corrected chi connectivity index (χ4v) is 2.45. The Hall–Kier alpha value is -1.99. The van der Waals surface area contributed by atoms with E-state index in [4.69, 9.17) is 15.2 Å². The van der Waals surface area contributed by atoms with Crippen LogP contribution < -0.4 is 20.5 Å². The first-order valence-corrected chi connectivity index (χ1v) is 9.50. The van der Waals surface area contributed by atoms with Crippen molar-refractivity contribution in [1.82, 2.24) is 4.90 Å². The molecule has 29 heavy (non-hydrogen) atoms. The van der Waals surface area contributed by atoms with Crippen LogP contribution in [0.3, 0.4) is 0 Å². The Labute approximate surface area is 180 Å². The van der Waals surface area contributed by atoms with Crippen LogP contribution in [0.5, 0.6) is 11.5 Å². The summed E-state index contributed by atoms with van der Waals surface area (Å²) < 4.78 is 10.7. The van der Waals surface area contributed by atoms with E-state index in [1.54, 1.807) is 24.1 Å². The number of rotatable bonds is 8. The van der Waals surface area contributed by atoms with Gasteiger partial charge >= 0.3 is 0 Å². The Bertz CT molecular complexity index is 702. The number of halogens is 1. The molecule has 3 N–H and O–H groups in total. The van der Waals surface area contributed by atoms with Crippen LogP contribution in [0.25, 0.3) is 0 Å².